The maximum atomic E-state index is 12.1. The van der Waals surface area contributed by atoms with E-state index in [1.165, 1.54) is 11.8 Å². The smallest absolute Gasteiger partial charge is 0.350 e. The quantitative estimate of drug-likeness (QED) is 0.540. The SMILES string of the molecule is O=c1oc2ccccc2cc1Sc1nnnn1-c1ccccc1. The standard InChI is InChI=1S/C16H10N4O2S/c21-15-14(10-11-6-4-5-9-13(11)22-15)23-16-17-18-19-20(16)12-7-2-1-3-8-12/h1-10H. The van der Waals surface area contributed by atoms with Gasteiger partial charge in [-0.15, -0.1) is 5.10 Å². The molecule has 0 saturated heterocycles. The van der Waals surface area contributed by atoms with E-state index in [2.05, 4.69) is 15.5 Å². The fourth-order valence-electron chi connectivity index (χ4n) is 2.19. The van der Waals surface area contributed by atoms with Gasteiger partial charge in [0.15, 0.2) is 0 Å². The van der Waals surface area contributed by atoms with Crippen molar-refractivity contribution < 1.29 is 4.42 Å². The molecule has 112 valence electrons. The summed E-state index contributed by atoms with van der Waals surface area (Å²) in [4.78, 5) is 12.6. The Balaban J connectivity index is 1.76. The van der Waals surface area contributed by atoms with Crippen LogP contribution in [-0.2, 0) is 0 Å². The van der Waals surface area contributed by atoms with E-state index in [0.717, 1.165) is 11.1 Å². The molecule has 0 N–H and O–H groups in total. The second-order valence-corrected chi connectivity index (χ2v) is 5.76. The highest BCUT2D eigenvalue weighted by Crippen LogP contribution is 2.26. The van der Waals surface area contributed by atoms with Crippen molar-refractivity contribution in [2.75, 3.05) is 0 Å². The van der Waals surface area contributed by atoms with E-state index in [9.17, 15) is 4.79 Å². The van der Waals surface area contributed by atoms with Crippen molar-refractivity contribution in [1.29, 1.82) is 0 Å². The zero-order chi connectivity index (χ0) is 15.6. The molecule has 0 aliphatic rings. The summed E-state index contributed by atoms with van der Waals surface area (Å²) in [6.45, 7) is 0. The van der Waals surface area contributed by atoms with Crippen molar-refractivity contribution in [1.82, 2.24) is 20.2 Å². The number of hydrogen-bond donors (Lipinski definition) is 0. The first-order chi connectivity index (χ1) is 11.3. The summed E-state index contributed by atoms with van der Waals surface area (Å²) in [6.07, 6.45) is 0. The van der Waals surface area contributed by atoms with E-state index in [4.69, 9.17) is 4.42 Å². The summed E-state index contributed by atoms with van der Waals surface area (Å²) in [7, 11) is 0. The normalized spacial score (nSPS) is 11.0. The zero-order valence-electron chi connectivity index (χ0n) is 11.8. The van der Waals surface area contributed by atoms with Gasteiger partial charge in [0.05, 0.1) is 5.69 Å². The molecule has 7 heteroatoms. The van der Waals surface area contributed by atoms with E-state index >= 15 is 0 Å². The van der Waals surface area contributed by atoms with Crippen LogP contribution in [0.3, 0.4) is 0 Å². The number of rotatable bonds is 3. The Morgan fingerprint density at radius 1 is 1.00 bits per heavy atom. The molecule has 23 heavy (non-hydrogen) atoms. The molecular formula is C16H10N4O2S. The van der Waals surface area contributed by atoms with Gasteiger partial charge in [0, 0.05) is 5.39 Å². The molecule has 2 aromatic heterocycles. The third-order valence-electron chi connectivity index (χ3n) is 3.25. The number of para-hydroxylation sites is 2. The van der Waals surface area contributed by atoms with E-state index in [1.807, 2.05) is 48.5 Å². The lowest BCUT2D eigenvalue weighted by Gasteiger charge is -2.04. The van der Waals surface area contributed by atoms with Crippen LogP contribution in [0, 0.1) is 0 Å². The Morgan fingerprint density at radius 3 is 2.65 bits per heavy atom. The average Bonchev–Trinajstić information content (AvgIpc) is 3.04. The first kappa shape index (κ1) is 13.7. The van der Waals surface area contributed by atoms with Gasteiger partial charge in [0.2, 0.25) is 5.16 Å². The van der Waals surface area contributed by atoms with Crippen molar-refractivity contribution in [3.05, 3.63) is 71.1 Å². The van der Waals surface area contributed by atoms with Gasteiger partial charge < -0.3 is 4.42 Å². The van der Waals surface area contributed by atoms with Crippen molar-refractivity contribution in [2.24, 2.45) is 0 Å². The van der Waals surface area contributed by atoms with Crippen LogP contribution < -0.4 is 5.63 Å². The third kappa shape index (κ3) is 2.62. The topological polar surface area (TPSA) is 73.8 Å². The predicted molar refractivity (Wildman–Crippen MR) is 85.8 cm³/mol. The Labute approximate surface area is 134 Å². The number of benzene rings is 2. The second kappa shape index (κ2) is 5.69. The third-order valence-corrected chi connectivity index (χ3v) is 4.19. The summed E-state index contributed by atoms with van der Waals surface area (Å²) in [5.74, 6) is 0. The van der Waals surface area contributed by atoms with Crippen molar-refractivity contribution in [3.8, 4) is 5.69 Å². The van der Waals surface area contributed by atoms with Crippen LogP contribution >= 0.6 is 11.8 Å². The van der Waals surface area contributed by atoms with Gasteiger partial charge in [-0.05, 0) is 46.5 Å². The van der Waals surface area contributed by atoms with Gasteiger partial charge in [-0.3, -0.25) is 0 Å². The second-order valence-electron chi connectivity index (χ2n) is 4.75. The molecule has 4 rings (SSSR count). The molecule has 0 radical (unpaired) electrons. The highest BCUT2D eigenvalue weighted by atomic mass is 32.2. The minimum absolute atomic E-state index is 0.406. The van der Waals surface area contributed by atoms with Crippen molar-refractivity contribution in [2.45, 2.75) is 10.1 Å². The molecule has 6 nitrogen and oxygen atoms in total. The molecule has 0 unspecified atom stereocenters. The van der Waals surface area contributed by atoms with E-state index in [0.29, 0.717) is 15.6 Å². The molecule has 0 saturated carbocycles. The van der Waals surface area contributed by atoms with Crippen LogP contribution in [0.5, 0.6) is 0 Å². The molecule has 4 aromatic rings. The predicted octanol–water partition coefficient (Wildman–Crippen LogP) is 2.92. The fourth-order valence-corrected chi connectivity index (χ4v) is 3.00. The molecule has 0 aliphatic heterocycles. The molecule has 0 atom stereocenters. The number of nitrogens with zero attached hydrogens (tertiary/aromatic N) is 4. The Bertz CT molecular complexity index is 1030. The van der Waals surface area contributed by atoms with Gasteiger partial charge in [0.1, 0.15) is 10.5 Å². The molecule has 0 bridgehead atoms. The minimum Gasteiger partial charge on any atom is -0.422 e. The van der Waals surface area contributed by atoms with Crippen LogP contribution in [0.2, 0.25) is 0 Å². The highest BCUT2D eigenvalue weighted by Gasteiger charge is 2.13. The van der Waals surface area contributed by atoms with E-state index < -0.39 is 5.63 Å². The number of hydrogen-bond acceptors (Lipinski definition) is 6. The van der Waals surface area contributed by atoms with Crippen LogP contribution in [-0.4, -0.2) is 20.2 Å². The van der Waals surface area contributed by atoms with Crippen LogP contribution in [0.15, 0.2) is 79.9 Å². The monoisotopic (exact) mass is 322 g/mol. The van der Waals surface area contributed by atoms with Crippen LogP contribution in [0.4, 0.5) is 0 Å². The maximum absolute atomic E-state index is 12.1. The Hall–Kier alpha value is -2.93. The molecule has 0 spiro atoms. The average molecular weight is 322 g/mol. The summed E-state index contributed by atoms with van der Waals surface area (Å²) < 4.78 is 6.92. The van der Waals surface area contributed by atoms with Gasteiger partial charge in [-0.1, -0.05) is 36.4 Å². The largest absolute Gasteiger partial charge is 0.422 e. The molecule has 2 aromatic carbocycles. The number of fused-ring (bicyclic) bond motifs is 1. The molecule has 2 heterocycles. The van der Waals surface area contributed by atoms with Gasteiger partial charge in [-0.2, -0.15) is 4.68 Å². The summed E-state index contributed by atoms with van der Waals surface area (Å²) >= 11 is 1.18. The number of aromatic nitrogens is 4. The minimum atomic E-state index is -0.406. The van der Waals surface area contributed by atoms with Crippen molar-refractivity contribution >= 4 is 22.7 Å². The van der Waals surface area contributed by atoms with Gasteiger partial charge in [-0.25, -0.2) is 4.79 Å². The molecule has 0 aliphatic carbocycles. The molecular weight excluding hydrogens is 312 g/mol. The number of tetrazole rings is 1. The van der Waals surface area contributed by atoms with E-state index in [1.54, 1.807) is 16.8 Å². The molecule has 0 amide bonds. The Morgan fingerprint density at radius 2 is 1.78 bits per heavy atom. The fraction of sp³-hybridized carbons (Fsp3) is 0. The van der Waals surface area contributed by atoms with Crippen LogP contribution in [0.25, 0.3) is 16.7 Å². The Kier molecular flexibility index (Phi) is 3.39. The van der Waals surface area contributed by atoms with Gasteiger partial charge >= 0.3 is 5.63 Å². The zero-order valence-corrected chi connectivity index (χ0v) is 12.6. The summed E-state index contributed by atoms with van der Waals surface area (Å²) in [5.41, 5.74) is 0.978. The van der Waals surface area contributed by atoms with E-state index in [-0.39, 0.29) is 0 Å². The summed E-state index contributed by atoms with van der Waals surface area (Å²) in [6, 6.07) is 18.7. The summed E-state index contributed by atoms with van der Waals surface area (Å²) in [5, 5.41) is 13.0. The first-order valence-electron chi connectivity index (χ1n) is 6.86. The lowest BCUT2D eigenvalue weighted by molar-refractivity contribution is 0.543. The first-order valence-corrected chi connectivity index (χ1v) is 7.67. The highest BCUT2D eigenvalue weighted by molar-refractivity contribution is 7.99. The van der Waals surface area contributed by atoms with Crippen LogP contribution in [0.1, 0.15) is 0 Å². The van der Waals surface area contributed by atoms with Crippen molar-refractivity contribution in [3.63, 3.8) is 0 Å². The molecule has 0 fully saturated rings. The lowest BCUT2D eigenvalue weighted by atomic mass is 10.2. The maximum Gasteiger partial charge on any atom is 0.350 e. The lowest BCUT2D eigenvalue weighted by Crippen LogP contribution is -2.04. The van der Waals surface area contributed by atoms with Gasteiger partial charge in [0.25, 0.3) is 0 Å².